The maximum absolute atomic E-state index is 14.1. The fraction of sp³-hybridized carbons (Fsp3) is 0.333. The molecule has 1 aromatic carbocycles. The predicted molar refractivity (Wildman–Crippen MR) is 63.8 cm³/mol. The van der Waals surface area contributed by atoms with Crippen LogP contribution in [0.1, 0.15) is 11.1 Å². The quantitative estimate of drug-likeness (QED) is 0.745. The molecule has 0 saturated carbocycles. The highest BCUT2D eigenvalue weighted by atomic mass is 32.1. The van der Waals surface area contributed by atoms with Crippen molar-refractivity contribution in [2.45, 2.75) is 24.9 Å². The van der Waals surface area contributed by atoms with Crippen LogP contribution < -0.4 is 0 Å². The summed E-state index contributed by atoms with van der Waals surface area (Å²) in [6.45, 7) is 0.965. The third-order valence-corrected chi connectivity index (χ3v) is 3.71. The van der Waals surface area contributed by atoms with Gasteiger partial charge in [-0.15, -0.1) is 5.10 Å². The molecule has 0 atom stereocenters. The van der Waals surface area contributed by atoms with Crippen LogP contribution in [0.3, 0.4) is 0 Å². The van der Waals surface area contributed by atoms with E-state index in [2.05, 4.69) is 9.59 Å². The van der Waals surface area contributed by atoms with Gasteiger partial charge in [0.15, 0.2) is 0 Å². The molecule has 1 radical (unpaired) electrons. The topological polar surface area (TPSA) is 25.8 Å². The smallest absolute Gasteiger partial charge is 0.218 e. The van der Waals surface area contributed by atoms with Crippen LogP contribution in [-0.2, 0) is 5.67 Å². The van der Waals surface area contributed by atoms with Crippen LogP contribution in [0.15, 0.2) is 18.3 Å². The van der Waals surface area contributed by atoms with Crippen LogP contribution in [0.5, 0.6) is 0 Å². The van der Waals surface area contributed by atoms with Gasteiger partial charge in [-0.2, -0.15) is 26.3 Å². The highest BCUT2D eigenvalue weighted by Crippen LogP contribution is 2.54. The van der Waals surface area contributed by atoms with Gasteiger partial charge >= 0.3 is 18.0 Å². The molecule has 0 fully saturated rings. The fourth-order valence-electron chi connectivity index (χ4n) is 1.93. The molecule has 1 aromatic heterocycles. The molecule has 119 valence electrons. The van der Waals surface area contributed by atoms with E-state index in [1.807, 2.05) is 0 Å². The number of hydrogen-bond acceptors (Lipinski definition) is 3. The SMILES string of the molecule is Cc1c(C(F)(C(F)(F)F)C(F)(F)F)[c]ccc1-c1cnns1. The normalized spacial score (nSPS) is 13.5. The number of benzene rings is 1. The molecule has 0 aliphatic rings. The highest BCUT2D eigenvalue weighted by Gasteiger charge is 2.74. The molecule has 2 aromatic rings. The van der Waals surface area contributed by atoms with Gasteiger partial charge in [0.25, 0.3) is 0 Å². The summed E-state index contributed by atoms with van der Waals surface area (Å²) in [4.78, 5) is 0.222. The molecule has 22 heavy (non-hydrogen) atoms. The molecule has 0 spiro atoms. The van der Waals surface area contributed by atoms with Crippen LogP contribution in [0, 0.1) is 13.0 Å². The van der Waals surface area contributed by atoms with Crippen LogP contribution in [0.2, 0.25) is 0 Å². The number of nitrogens with zero attached hydrogens (tertiary/aromatic N) is 2. The number of rotatable bonds is 2. The van der Waals surface area contributed by atoms with E-state index in [1.54, 1.807) is 6.07 Å². The van der Waals surface area contributed by atoms with Gasteiger partial charge in [-0.3, -0.25) is 0 Å². The molecule has 0 unspecified atom stereocenters. The van der Waals surface area contributed by atoms with Gasteiger partial charge < -0.3 is 0 Å². The fourth-order valence-corrected chi connectivity index (χ4v) is 2.53. The molecule has 2 nitrogen and oxygen atoms in total. The number of aromatic nitrogens is 2. The summed E-state index contributed by atoms with van der Waals surface area (Å²) in [5.74, 6) is 0. The molecule has 0 amide bonds. The van der Waals surface area contributed by atoms with E-state index >= 15 is 0 Å². The van der Waals surface area contributed by atoms with Crippen molar-refractivity contribution in [2.75, 3.05) is 0 Å². The molecular weight excluding hydrogens is 337 g/mol. The van der Waals surface area contributed by atoms with Crippen molar-refractivity contribution in [2.24, 2.45) is 0 Å². The maximum atomic E-state index is 14.1. The molecule has 0 bridgehead atoms. The van der Waals surface area contributed by atoms with Gasteiger partial charge in [0.2, 0.25) is 0 Å². The summed E-state index contributed by atoms with van der Waals surface area (Å²) in [6, 6.07) is 3.77. The Kier molecular flexibility index (Phi) is 3.92. The zero-order valence-corrected chi connectivity index (χ0v) is 11.5. The second kappa shape index (κ2) is 5.18. The van der Waals surface area contributed by atoms with Crippen LogP contribution >= 0.6 is 11.5 Å². The lowest BCUT2D eigenvalue weighted by atomic mass is 9.88. The van der Waals surface area contributed by atoms with Crippen LogP contribution in [0.4, 0.5) is 30.7 Å². The van der Waals surface area contributed by atoms with Crippen molar-refractivity contribution in [3.05, 3.63) is 35.5 Å². The Hall–Kier alpha value is -1.71. The van der Waals surface area contributed by atoms with Crippen molar-refractivity contribution in [1.29, 1.82) is 0 Å². The molecule has 0 aliphatic carbocycles. The number of alkyl halides is 7. The Bertz CT molecular complexity index is 647. The molecule has 10 heteroatoms. The first-order chi connectivity index (χ1) is 10.00. The van der Waals surface area contributed by atoms with Gasteiger partial charge in [-0.25, -0.2) is 4.39 Å². The molecule has 0 aliphatic heterocycles. The van der Waals surface area contributed by atoms with E-state index in [9.17, 15) is 30.7 Å². The summed E-state index contributed by atoms with van der Waals surface area (Å²) in [5.41, 5.74) is -7.65. The van der Waals surface area contributed by atoms with E-state index < -0.39 is 29.1 Å². The summed E-state index contributed by atoms with van der Waals surface area (Å²) in [6.07, 6.45) is -11.2. The van der Waals surface area contributed by atoms with Crippen LogP contribution in [-0.4, -0.2) is 21.9 Å². The van der Waals surface area contributed by atoms with Crippen molar-refractivity contribution in [3.8, 4) is 10.4 Å². The Morgan fingerprint density at radius 2 is 1.64 bits per heavy atom. The van der Waals surface area contributed by atoms with Gasteiger partial charge in [-0.05, 0) is 35.6 Å². The maximum Gasteiger partial charge on any atom is 0.435 e. The summed E-state index contributed by atoms with van der Waals surface area (Å²) in [7, 11) is 0. The van der Waals surface area contributed by atoms with E-state index in [0.29, 0.717) is 0 Å². The third-order valence-electron chi connectivity index (χ3n) is 3.01. The minimum Gasteiger partial charge on any atom is -0.218 e. The predicted octanol–water partition coefficient (Wildman–Crippen LogP) is 4.60. The minimum atomic E-state index is -6.17. The minimum absolute atomic E-state index is 0.0146. The molecular formula is C12H6F7N2S. The number of halogens is 7. The monoisotopic (exact) mass is 343 g/mol. The lowest BCUT2D eigenvalue weighted by Crippen LogP contribution is -2.50. The van der Waals surface area contributed by atoms with Gasteiger partial charge in [0.1, 0.15) is 0 Å². The second-order valence-corrected chi connectivity index (χ2v) is 5.11. The lowest BCUT2D eigenvalue weighted by molar-refractivity contribution is -0.348. The Morgan fingerprint density at radius 3 is 2.09 bits per heavy atom. The average molecular weight is 343 g/mol. The summed E-state index contributed by atoms with van der Waals surface area (Å²) >= 11 is 0.765. The summed E-state index contributed by atoms with van der Waals surface area (Å²) in [5, 5.41) is 3.45. The Morgan fingerprint density at radius 1 is 1.05 bits per heavy atom. The third kappa shape index (κ3) is 2.44. The van der Waals surface area contributed by atoms with Gasteiger partial charge in [0.05, 0.1) is 11.1 Å². The first kappa shape index (κ1) is 16.7. The van der Waals surface area contributed by atoms with Crippen molar-refractivity contribution in [3.63, 3.8) is 0 Å². The van der Waals surface area contributed by atoms with E-state index in [0.717, 1.165) is 30.7 Å². The average Bonchev–Trinajstić information content (AvgIpc) is 2.89. The Labute approximate surface area is 123 Å². The summed E-state index contributed by atoms with van der Waals surface area (Å²) < 4.78 is 94.4. The second-order valence-electron chi connectivity index (χ2n) is 4.33. The molecule has 0 saturated heterocycles. The largest absolute Gasteiger partial charge is 0.435 e. The van der Waals surface area contributed by atoms with E-state index in [-0.39, 0.29) is 10.4 Å². The van der Waals surface area contributed by atoms with Gasteiger partial charge in [0, 0.05) is 5.56 Å². The van der Waals surface area contributed by atoms with Crippen molar-refractivity contribution < 1.29 is 30.7 Å². The first-order valence-electron chi connectivity index (χ1n) is 5.62. The number of hydrogen-bond donors (Lipinski definition) is 0. The zero-order valence-electron chi connectivity index (χ0n) is 10.7. The van der Waals surface area contributed by atoms with E-state index in [1.165, 1.54) is 6.07 Å². The molecule has 2 rings (SSSR count). The first-order valence-corrected chi connectivity index (χ1v) is 6.39. The van der Waals surface area contributed by atoms with Crippen molar-refractivity contribution >= 4 is 11.5 Å². The standard InChI is InChI=1S/C12H6F7N2S/c1-6-7(9-5-20-21-22-9)3-2-4-8(6)10(13,11(14,15)16)12(17,18)19/h2-3,5H,1H3. The highest BCUT2D eigenvalue weighted by molar-refractivity contribution is 7.09. The zero-order chi connectivity index (χ0) is 16.8. The molecule has 0 N–H and O–H groups in total. The van der Waals surface area contributed by atoms with Crippen molar-refractivity contribution in [1.82, 2.24) is 9.59 Å². The Balaban J connectivity index is 2.73. The lowest BCUT2D eigenvalue weighted by Gasteiger charge is -2.31. The van der Waals surface area contributed by atoms with E-state index in [4.69, 9.17) is 0 Å². The van der Waals surface area contributed by atoms with Crippen LogP contribution in [0.25, 0.3) is 10.4 Å². The molecule has 1 heterocycles. The van der Waals surface area contributed by atoms with Gasteiger partial charge in [-0.1, -0.05) is 16.6 Å².